The number of carbonyl (C=O) groups excluding carboxylic acids is 2. The smallest absolute Gasteiger partial charge is 0.356 e. The third kappa shape index (κ3) is 3.60. The van der Waals surface area contributed by atoms with Gasteiger partial charge in [-0.15, -0.1) is 0 Å². The maximum atomic E-state index is 12.6. The van der Waals surface area contributed by atoms with Crippen LogP contribution < -0.4 is 10.2 Å². The van der Waals surface area contributed by atoms with Crippen LogP contribution in [0, 0.1) is 0 Å². The number of amides is 2. The molecule has 1 atom stereocenters. The van der Waals surface area contributed by atoms with E-state index < -0.39 is 17.9 Å². The first-order valence-corrected chi connectivity index (χ1v) is 7.64. The van der Waals surface area contributed by atoms with Gasteiger partial charge in [-0.1, -0.05) is 0 Å². The molecule has 0 saturated carbocycles. The number of hydrogen-bond acceptors (Lipinski definition) is 6. The minimum atomic E-state index is -1.23. The average molecular weight is 341 g/mol. The van der Waals surface area contributed by atoms with Crippen LogP contribution in [0.5, 0.6) is 0 Å². The molecule has 128 valence electrons. The van der Waals surface area contributed by atoms with Crippen LogP contribution in [0.1, 0.15) is 33.8 Å². The van der Waals surface area contributed by atoms with Crippen molar-refractivity contribution in [3.05, 3.63) is 48.3 Å². The summed E-state index contributed by atoms with van der Waals surface area (Å²) in [5.74, 6) is -2.02. The van der Waals surface area contributed by atoms with E-state index in [9.17, 15) is 14.4 Å². The van der Waals surface area contributed by atoms with Crippen LogP contribution in [-0.2, 0) is 4.79 Å². The van der Waals surface area contributed by atoms with Crippen LogP contribution in [0.15, 0.2) is 36.9 Å². The number of aromatic nitrogens is 3. The van der Waals surface area contributed by atoms with Crippen molar-refractivity contribution in [3.8, 4) is 0 Å². The first-order valence-electron chi connectivity index (χ1n) is 7.64. The van der Waals surface area contributed by atoms with Crippen molar-refractivity contribution in [3.63, 3.8) is 0 Å². The molecular weight excluding hydrogens is 326 g/mol. The number of rotatable bonds is 4. The van der Waals surface area contributed by atoms with E-state index in [0.29, 0.717) is 18.7 Å². The van der Waals surface area contributed by atoms with Gasteiger partial charge in [0.15, 0.2) is 5.69 Å². The molecule has 1 saturated heterocycles. The second kappa shape index (κ2) is 7.04. The van der Waals surface area contributed by atoms with E-state index in [1.165, 1.54) is 0 Å². The van der Waals surface area contributed by atoms with Gasteiger partial charge in [-0.25, -0.2) is 14.8 Å². The van der Waals surface area contributed by atoms with E-state index in [4.69, 9.17) is 5.11 Å². The van der Waals surface area contributed by atoms with Crippen LogP contribution >= 0.6 is 0 Å². The van der Waals surface area contributed by atoms with Gasteiger partial charge < -0.3 is 15.3 Å². The molecule has 0 bridgehead atoms. The molecule has 0 aliphatic carbocycles. The van der Waals surface area contributed by atoms with E-state index >= 15 is 0 Å². The van der Waals surface area contributed by atoms with E-state index in [1.54, 1.807) is 29.4 Å². The maximum absolute atomic E-state index is 12.6. The van der Waals surface area contributed by atoms with Crippen molar-refractivity contribution < 1.29 is 19.5 Å². The summed E-state index contributed by atoms with van der Waals surface area (Å²) >= 11 is 0. The first-order chi connectivity index (χ1) is 12.1. The summed E-state index contributed by atoms with van der Waals surface area (Å²) in [7, 11) is 0. The largest absolute Gasteiger partial charge is 0.476 e. The molecule has 0 spiro atoms. The monoisotopic (exact) mass is 341 g/mol. The highest BCUT2D eigenvalue weighted by Gasteiger charge is 2.31. The predicted octanol–water partition coefficient (Wildman–Crippen LogP) is 0.495. The molecule has 0 radical (unpaired) electrons. The van der Waals surface area contributed by atoms with Crippen molar-refractivity contribution in [1.82, 2.24) is 20.3 Å². The number of carboxylic acid groups (broad SMARTS) is 1. The number of anilines is 1. The van der Waals surface area contributed by atoms with E-state index in [2.05, 4.69) is 20.3 Å². The number of nitrogens with zero attached hydrogens (tertiary/aromatic N) is 4. The van der Waals surface area contributed by atoms with Crippen molar-refractivity contribution in [1.29, 1.82) is 0 Å². The fourth-order valence-corrected chi connectivity index (χ4v) is 2.57. The number of pyridine rings is 1. The molecule has 9 nitrogen and oxygen atoms in total. The van der Waals surface area contributed by atoms with Crippen molar-refractivity contribution in [2.45, 2.75) is 18.9 Å². The number of piperidine rings is 1. The molecule has 9 heteroatoms. The van der Waals surface area contributed by atoms with Crippen LogP contribution in [0.2, 0.25) is 0 Å². The Morgan fingerprint density at radius 2 is 1.96 bits per heavy atom. The maximum Gasteiger partial charge on any atom is 0.356 e. The van der Waals surface area contributed by atoms with Crippen LogP contribution in [0.4, 0.5) is 5.69 Å². The molecule has 1 aliphatic heterocycles. The minimum Gasteiger partial charge on any atom is -0.476 e. The van der Waals surface area contributed by atoms with Gasteiger partial charge in [0.1, 0.15) is 11.7 Å². The molecule has 0 aromatic carbocycles. The first kappa shape index (κ1) is 16.5. The summed E-state index contributed by atoms with van der Waals surface area (Å²) < 4.78 is 0. The SMILES string of the molecule is O=C(O)c1cnc(C(=O)NC2CCCN(c3cccnc3)C2=O)cn1. The second-order valence-corrected chi connectivity index (χ2v) is 5.46. The summed E-state index contributed by atoms with van der Waals surface area (Å²) in [6, 6.07) is 2.85. The third-order valence-electron chi connectivity index (χ3n) is 3.81. The van der Waals surface area contributed by atoms with Crippen LogP contribution in [-0.4, -0.2) is 50.4 Å². The molecule has 2 N–H and O–H groups in total. The Kier molecular flexibility index (Phi) is 4.64. The molecule has 25 heavy (non-hydrogen) atoms. The van der Waals surface area contributed by atoms with Gasteiger partial charge in [-0.3, -0.25) is 14.6 Å². The van der Waals surface area contributed by atoms with Gasteiger partial charge >= 0.3 is 5.97 Å². The number of nitrogens with one attached hydrogen (secondary N) is 1. The van der Waals surface area contributed by atoms with Gasteiger partial charge in [-0.2, -0.15) is 0 Å². The molecule has 2 aromatic rings. The lowest BCUT2D eigenvalue weighted by atomic mass is 10.0. The van der Waals surface area contributed by atoms with Gasteiger partial charge in [0, 0.05) is 12.7 Å². The van der Waals surface area contributed by atoms with Crippen molar-refractivity contribution in [2.24, 2.45) is 0 Å². The number of carboxylic acids is 1. The summed E-state index contributed by atoms with van der Waals surface area (Å²) in [5, 5.41) is 11.4. The van der Waals surface area contributed by atoms with E-state index in [0.717, 1.165) is 18.8 Å². The molecule has 3 rings (SSSR count). The zero-order valence-corrected chi connectivity index (χ0v) is 13.1. The Bertz CT molecular complexity index is 794. The topological polar surface area (TPSA) is 125 Å². The zero-order valence-electron chi connectivity index (χ0n) is 13.1. The lowest BCUT2D eigenvalue weighted by molar-refractivity contribution is -0.121. The van der Waals surface area contributed by atoms with Crippen LogP contribution in [0.25, 0.3) is 0 Å². The fraction of sp³-hybridized carbons (Fsp3) is 0.250. The van der Waals surface area contributed by atoms with Gasteiger partial charge in [-0.05, 0) is 25.0 Å². The highest BCUT2D eigenvalue weighted by Crippen LogP contribution is 2.20. The summed E-state index contributed by atoms with van der Waals surface area (Å²) in [5.41, 5.74) is 0.376. The molecule has 1 aliphatic rings. The standard InChI is InChI=1S/C16H15N5O4/c22-14(12-8-19-13(9-18-12)16(24)25)20-11-4-2-6-21(15(11)23)10-3-1-5-17-7-10/h1,3,5,7-9,11H,2,4,6H2,(H,20,22)(H,24,25). The van der Waals surface area contributed by atoms with Gasteiger partial charge in [0.2, 0.25) is 5.91 Å². The lowest BCUT2D eigenvalue weighted by Crippen LogP contribution is -2.52. The zero-order chi connectivity index (χ0) is 17.8. The highest BCUT2D eigenvalue weighted by molar-refractivity contribution is 6.02. The average Bonchev–Trinajstić information content (AvgIpc) is 2.64. The van der Waals surface area contributed by atoms with Gasteiger partial charge in [0.05, 0.1) is 24.3 Å². The minimum absolute atomic E-state index is 0.0451. The Labute approximate surface area is 142 Å². The third-order valence-corrected chi connectivity index (χ3v) is 3.81. The number of carbonyl (C=O) groups is 3. The predicted molar refractivity (Wildman–Crippen MR) is 86.1 cm³/mol. The molecule has 2 aromatic heterocycles. The van der Waals surface area contributed by atoms with Crippen molar-refractivity contribution in [2.75, 3.05) is 11.4 Å². The molecule has 2 amide bonds. The fourth-order valence-electron chi connectivity index (χ4n) is 2.57. The summed E-state index contributed by atoms with van der Waals surface area (Å²) in [6.07, 6.45) is 6.54. The Morgan fingerprint density at radius 3 is 2.60 bits per heavy atom. The lowest BCUT2D eigenvalue weighted by Gasteiger charge is -2.32. The molecular formula is C16H15N5O4. The second-order valence-electron chi connectivity index (χ2n) is 5.46. The molecule has 1 fully saturated rings. The highest BCUT2D eigenvalue weighted by atomic mass is 16.4. The number of hydrogen-bond donors (Lipinski definition) is 2. The number of aromatic carboxylic acids is 1. The van der Waals surface area contributed by atoms with E-state index in [1.807, 2.05) is 0 Å². The molecule has 1 unspecified atom stereocenters. The Hall–Kier alpha value is -3.36. The summed E-state index contributed by atoms with van der Waals surface area (Å²) in [4.78, 5) is 48.6. The van der Waals surface area contributed by atoms with Crippen molar-refractivity contribution >= 4 is 23.5 Å². The Balaban J connectivity index is 1.70. The normalized spacial score (nSPS) is 17.2. The summed E-state index contributed by atoms with van der Waals surface area (Å²) in [6.45, 7) is 0.560. The van der Waals surface area contributed by atoms with Gasteiger partial charge in [0.25, 0.3) is 5.91 Å². The Morgan fingerprint density at radius 1 is 1.20 bits per heavy atom. The quantitative estimate of drug-likeness (QED) is 0.829. The molecule has 3 heterocycles. The van der Waals surface area contributed by atoms with Crippen LogP contribution in [0.3, 0.4) is 0 Å². The van der Waals surface area contributed by atoms with E-state index in [-0.39, 0.29) is 17.3 Å².